The molecule has 2 N–H and O–H groups in total. The lowest BCUT2D eigenvalue weighted by Gasteiger charge is -2.08. The van der Waals surface area contributed by atoms with E-state index in [0.29, 0.717) is 10.8 Å². The van der Waals surface area contributed by atoms with Gasteiger partial charge < -0.3 is 10.6 Å². The molecule has 0 unspecified atom stereocenters. The summed E-state index contributed by atoms with van der Waals surface area (Å²) in [4.78, 5) is 22.9. The van der Waals surface area contributed by atoms with E-state index in [-0.39, 0.29) is 17.3 Å². The van der Waals surface area contributed by atoms with Crippen LogP contribution in [-0.2, 0) is 0 Å². The number of rotatable bonds is 5. The van der Waals surface area contributed by atoms with E-state index < -0.39 is 4.92 Å². The summed E-state index contributed by atoms with van der Waals surface area (Å²) in [5, 5.41) is 19.5. The van der Waals surface area contributed by atoms with Gasteiger partial charge in [-0.15, -0.1) is 11.3 Å². The third kappa shape index (κ3) is 3.60. The fourth-order valence-electron chi connectivity index (χ4n) is 1.79. The lowest BCUT2D eigenvalue weighted by Crippen LogP contribution is -2.05. The van der Waals surface area contributed by atoms with Crippen molar-refractivity contribution in [3.05, 3.63) is 56.8 Å². The third-order valence-corrected chi connectivity index (χ3v) is 3.99. The summed E-state index contributed by atoms with van der Waals surface area (Å²) in [7, 11) is 0. The largest absolute Gasteiger partial charge is 0.353 e. The van der Waals surface area contributed by atoms with Crippen LogP contribution in [0, 0.1) is 10.1 Å². The second kappa shape index (κ2) is 6.67. The first-order chi connectivity index (χ1) is 11.1. The van der Waals surface area contributed by atoms with E-state index in [1.807, 2.05) is 12.1 Å². The predicted molar refractivity (Wildman–Crippen MR) is 91.5 cm³/mol. The molecule has 23 heavy (non-hydrogen) atoms. The van der Waals surface area contributed by atoms with Crippen LogP contribution < -0.4 is 10.6 Å². The molecule has 0 saturated carbocycles. The minimum absolute atomic E-state index is 0.0829. The lowest BCUT2D eigenvalue weighted by atomic mass is 10.3. The van der Waals surface area contributed by atoms with Crippen molar-refractivity contribution in [1.82, 2.24) is 15.0 Å². The van der Waals surface area contributed by atoms with Gasteiger partial charge in [0.25, 0.3) is 0 Å². The number of halogens is 1. The van der Waals surface area contributed by atoms with Gasteiger partial charge in [0.1, 0.15) is 6.33 Å². The molecule has 0 aliphatic heterocycles. The molecule has 0 amide bonds. The number of thiazole rings is 1. The summed E-state index contributed by atoms with van der Waals surface area (Å²) >= 11 is 4.65. The predicted octanol–water partition coefficient (Wildman–Crippen LogP) is 4.09. The van der Waals surface area contributed by atoms with Crippen molar-refractivity contribution in [2.45, 2.75) is 0 Å². The zero-order valence-electron chi connectivity index (χ0n) is 11.4. The van der Waals surface area contributed by atoms with Crippen LogP contribution in [0.2, 0.25) is 0 Å². The van der Waals surface area contributed by atoms with Crippen molar-refractivity contribution in [1.29, 1.82) is 0 Å². The van der Waals surface area contributed by atoms with Gasteiger partial charge in [0.15, 0.2) is 5.13 Å². The summed E-state index contributed by atoms with van der Waals surface area (Å²) in [6, 6.07) is 7.21. The summed E-state index contributed by atoms with van der Waals surface area (Å²) in [6.45, 7) is 0. The van der Waals surface area contributed by atoms with Crippen LogP contribution >= 0.6 is 27.3 Å². The Hall–Kier alpha value is -2.59. The van der Waals surface area contributed by atoms with E-state index in [1.54, 1.807) is 23.7 Å². The molecule has 0 atom stereocenters. The van der Waals surface area contributed by atoms with Gasteiger partial charge in [0.2, 0.25) is 11.6 Å². The van der Waals surface area contributed by atoms with Gasteiger partial charge in [-0.1, -0.05) is 15.9 Å². The van der Waals surface area contributed by atoms with Crippen molar-refractivity contribution in [3.8, 4) is 0 Å². The maximum absolute atomic E-state index is 11.4. The highest BCUT2D eigenvalue weighted by Gasteiger charge is 2.23. The lowest BCUT2D eigenvalue weighted by molar-refractivity contribution is -0.383. The highest BCUT2D eigenvalue weighted by Crippen LogP contribution is 2.33. The summed E-state index contributed by atoms with van der Waals surface area (Å²) < 4.78 is 0.909. The molecule has 116 valence electrons. The normalized spacial score (nSPS) is 10.3. The molecule has 3 rings (SSSR count). The summed E-state index contributed by atoms with van der Waals surface area (Å²) in [5.74, 6) is 0.186. The SMILES string of the molecule is O=[N+]([O-])c1c(Nc2ccc(Br)cc2)ncnc1Nc1nccs1. The van der Waals surface area contributed by atoms with Crippen LogP contribution in [0.1, 0.15) is 0 Å². The van der Waals surface area contributed by atoms with Crippen LogP contribution in [0.3, 0.4) is 0 Å². The molecule has 2 aromatic heterocycles. The van der Waals surface area contributed by atoms with Crippen molar-refractivity contribution < 1.29 is 4.92 Å². The first kappa shape index (κ1) is 15.3. The van der Waals surface area contributed by atoms with Gasteiger partial charge in [0.05, 0.1) is 4.92 Å². The Morgan fingerprint density at radius 3 is 2.39 bits per heavy atom. The molecule has 8 nitrogen and oxygen atoms in total. The molecule has 10 heteroatoms. The van der Waals surface area contributed by atoms with Gasteiger partial charge in [-0.3, -0.25) is 10.1 Å². The number of aromatic nitrogens is 3. The van der Waals surface area contributed by atoms with Gasteiger partial charge >= 0.3 is 5.69 Å². The molecular weight excluding hydrogens is 384 g/mol. The number of anilines is 4. The van der Waals surface area contributed by atoms with E-state index in [0.717, 1.165) is 4.47 Å². The molecular formula is C13H9BrN6O2S. The van der Waals surface area contributed by atoms with Crippen molar-refractivity contribution in [2.75, 3.05) is 10.6 Å². The first-order valence-corrected chi connectivity index (χ1v) is 7.99. The van der Waals surface area contributed by atoms with E-state index in [9.17, 15) is 10.1 Å². The van der Waals surface area contributed by atoms with Gasteiger partial charge in [-0.05, 0) is 24.3 Å². The van der Waals surface area contributed by atoms with E-state index in [2.05, 4.69) is 41.5 Å². The summed E-state index contributed by atoms with van der Waals surface area (Å²) in [6.07, 6.45) is 2.85. The topological polar surface area (TPSA) is 106 Å². The fourth-order valence-corrected chi connectivity index (χ4v) is 2.58. The van der Waals surface area contributed by atoms with Gasteiger partial charge in [-0.2, -0.15) is 0 Å². The Balaban J connectivity index is 1.96. The Labute approximate surface area is 142 Å². The number of hydrogen-bond acceptors (Lipinski definition) is 8. The van der Waals surface area contributed by atoms with Gasteiger partial charge in [0, 0.05) is 21.7 Å². The van der Waals surface area contributed by atoms with E-state index >= 15 is 0 Å². The van der Waals surface area contributed by atoms with E-state index in [1.165, 1.54) is 17.7 Å². The second-order valence-corrected chi connectivity index (χ2v) is 6.08. The highest BCUT2D eigenvalue weighted by atomic mass is 79.9. The fraction of sp³-hybridized carbons (Fsp3) is 0. The monoisotopic (exact) mass is 392 g/mol. The number of benzene rings is 1. The molecule has 2 heterocycles. The van der Waals surface area contributed by atoms with E-state index in [4.69, 9.17) is 0 Å². The van der Waals surface area contributed by atoms with Crippen molar-refractivity contribution in [3.63, 3.8) is 0 Å². The number of hydrogen-bond donors (Lipinski definition) is 2. The van der Waals surface area contributed by atoms with Crippen LogP contribution in [0.5, 0.6) is 0 Å². The molecule has 3 aromatic rings. The van der Waals surface area contributed by atoms with Crippen LogP contribution in [0.25, 0.3) is 0 Å². The highest BCUT2D eigenvalue weighted by molar-refractivity contribution is 9.10. The second-order valence-electron chi connectivity index (χ2n) is 4.27. The molecule has 0 radical (unpaired) electrons. The van der Waals surface area contributed by atoms with Gasteiger partial charge in [-0.25, -0.2) is 15.0 Å². The molecule has 0 aliphatic rings. The minimum atomic E-state index is -0.531. The molecule has 0 spiro atoms. The first-order valence-electron chi connectivity index (χ1n) is 6.32. The van der Waals surface area contributed by atoms with Crippen LogP contribution in [0.4, 0.5) is 28.1 Å². The number of nitrogens with one attached hydrogen (secondary N) is 2. The Morgan fingerprint density at radius 2 is 1.78 bits per heavy atom. The number of nitro groups is 1. The Morgan fingerprint density at radius 1 is 1.09 bits per heavy atom. The average molecular weight is 393 g/mol. The maximum Gasteiger partial charge on any atom is 0.353 e. The molecule has 1 aromatic carbocycles. The molecule has 0 saturated heterocycles. The Bertz CT molecular complexity index is 825. The van der Waals surface area contributed by atoms with Crippen molar-refractivity contribution >= 4 is 55.4 Å². The molecule has 0 fully saturated rings. The molecule has 0 aliphatic carbocycles. The summed E-state index contributed by atoms with van der Waals surface area (Å²) in [5.41, 5.74) is 0.431. The molecule has 0 bridgehead atoms. The number of nitrogens with zero attached hydrogens (tertiary/aromatic N) is 4. The minimum Gasteiger partial charge on any atom is -0.334 e. The zero-order valence-corrected chi connectivity index (χ0v) is 13.8. The Kier molecular flexibility index (Phi) is 4.44. The smallest absolute Gasteiger partial charge is 0.334 e. The average Bonchev–Trinajstić information content (AvgIpc) is 3.02. The third-order valence-electron chi connectivity index (χ3n) is 2.77. The zero-order chi connectivity index (χ0) is 16.2. The standard InChI is InChI=1S/C13H9BrN6O2S/c14-8-1-3-9(4-2-8)18-11-10(20(21)22)12(17-7-16-11)19-13-15-5-6-23-13/h1-7H,(H2,15,16,17,18,19). The maximum atomic E-state index is 11.4. The van der Waals surface area contributed by atoms with Crippen LogP contribution in [-0.4, -0.2) is 19.9 Å². The quantitative estimate of drug-likeness (QED) is 0.497. The van der Waals surface area contributed by atoms with Crippen molar-refractivity contribution in [2.24, 2.45) is 0 Å². The van der Waals surface area contributed by atoms with Crippen LogP contribution in [0.15, 0.2) is 46.6 Å².